The number of benzene rings is 2. The Hall–Kier alpha value is -3.37. The van der Waals surface area contributed by atoms with Crippen LogP contribution in [0.2, 0.25) is 0 Å². The van der Waals surface area contributed by atoms with Gasteiger partial charge < -0.3 is 10.5 Å². The highest BCUT2D eigenvalue weighted by Crippen LogP contribution is 2.47. The maximum Gasteiger partial charge on any atom is 0.302 e. The van der Waals surface area contributed by atoms with Crippen molar-refractivity contribution in [1.29, 1.82) is 5.26 Å². The molecule has 27 heavy (non-hydrogen) atoms. The molecule has 2 N–H and O–H groups in total. The topological polar surface area (TPSA) is 102 Å². The highest BCUT2D eigenvalue weighted by Gasteiger charge is 2.30. The summed E-state index contributed by atoms with van der Waals surface area (Å²) in [5.74, 6) is 0.684. The van der Waals surface area contributed by atoms with Crippen LogP contribution in [-0.4, -0.2) is 12.0 Å². The molecule has 1 heterocycles. The lowest BCUT2D eigenvalue weighted by Crippen LogP contribution is -2.07. The Labute approximate surface area is 160 Å². The molecule has 0 unspecified atom stereocenters. The monoisotopic (exact) mass is 379 g/mol. The average molecular weight is 379 g/mol. The second kappa shape index (κ2) is 7.48. The molecule has 0 fully saturated rings. The second-order valence-corrected chi connectivity index (χ2v) is 6.74. The largest absolute Gasteiger partial charge is 0.497 e. The first-order valence-corrected chi connectivity index (χ1v) is 9.12. The molecule has 136 valence electrons. The van der Waals surface area contributed by atoms with Crippen molar-refractivity contribution in [2.75, 3.05) is 12.8 Å². The first kappa shape index (κ1) is 18.4. The van der Waals surface area contributed by atoms with Crippen molar-refractivity contribution in [3.05, 3.63) is 63.0 Å². The van der Waals surface area contributed by atoms with Gasteiger partial charge in [-0.1, -0.05) is 25.1 Å². The van der Waals surface area contributed by atoms with Gasteiger partial charge >= 0.3 is 5.69 Å². The zero-order chi connectivity index (χ0) is 19.6. The van der Waals surface area contributed by atoms with Gasteiger partial charge in [0.05, 0.1) is 23.2 Å². The van der Waals surface area contributed by atoms with Crippen molar-refractivity contribution in [1.82, 2.24) is 0 Å². The fourth-order valence-electron chi connectivity index (χ4n) is 3.23. The quantitative estimate of drug-likeness (QED) is 0.381. The molecule has 3 aromatic rings. The SMILES string of the molecule is CCc1c(-c2ccc(OC)cc2)c(C#N)c(N)c([N+](=O)[O-])c1-c1cccs1. The van der Waals surface area contributed by atoms with Crippen molar-refractivity contribution in [2.45, 2.75) is 13.3 Å². The number of nitriles is 1. The number of ether oxygens (including phenoxy) is 1. The Balaban J connectivity index is 2.46. The molecule has 0 saturated carbocycles. The number of nitro groups is 1. The first-order valence-electron chi connectivity index (χ1n) is 8.24. The van der Waals surface area contributed by atoms with Crippen LogP contribution in [0.1, 0.15) is 18.1 Å². The first-order chi connectivity index (χ1) is 13.0. The van der Waals surface area contributed by atoms with E-state index in [2.05, 4.69) is 6.07 Å². The van der Waals surface area contributed by atoms with E-state index in [1.54, 1.807) is 19.2 Å². The zero-order valence-electron chi connectivity index (χ0n) is 14.9. The Morgan fingerprint density at radius 3 is 2.44 bits per heavy atom. The van der Waals surface area contributed by atoms with E-state index >= 15 is 0 Å². The third-order valence-electron chi connectivity index (χ3n) is 4.41. The maximum atomic E-state index is 11.8. The number of nitrogen functional groups attached to an aromatic ring is 1. The van der Waals surface area contributed by atoms with Gasteiger partial charge in [0.1, 0.15) is 17.5 Å². The van der Waals surface area contributed by atoms with E-state index < -0.39 is 4.92 Å². The van der Waals surface area contributed by atoms with Gasteiger partial charge in [0.25, 0.3) is 0 Å². The lowest BCUT2D eigenvalue weighted by atomic mass is 9.86. The highest BCUT2D eigenvalue weighted by molar-refractivity contribution is 7.13. The molecule has 0 bridgehead atoms. The second-order valence-electron chi connectivity index (χ2n) is 5.79. The van der Waals surface area contributed by atoms with Gasteiger partial charge in [-0.25, -0.2) is 0 Å². The minimum Gasteiger partial charge on any atom is -0.497 e. The molecule has 3 rings (SSSR count). The van der Waals surface area contributed by atoms with E-state index in [0.29, 0.717) is 23.3 Å². The molecule has 1 aromatic heterocycles. The van der Waals surface area contributed by atoms with E-state index in [4.69, 9.17) is 10.5 Å². The number of nitro benzene ring substituents is 1. The summed E-state index contributed by atoms with van der Waals surface area (Å²) in [6.45, 7) is 1.92. The molecule has 7 heteroatoms. The molecule has 0 spiro atoms. The number of thiophene rings is 1. The van der Waals surface area contributed by atoms with Gasteiger partial charge in [-0.15, -0.1) is 11.3 Å². The Morgan fingerprint density at radius 2 is 1.96 bits per heavy atom. The molecular weight excluding hydrogens is 362 g/mol. The molecule has 0 amide bonds. The van der Waals surface area contributed by atoms with Crippen molar-refractivity contribution in [3.8, 4) is 33.4 Å². The smallest absolute Gasteiger partial charge is 0.302 e. The van der Waals surface area contributed by atoms with Crippen LogP contribution in [-0.2, 0) is 6.42 Å². The van der Waals surface area contributed by atoms with Crippen molar-refractivity contribution >= 4 is 22.7 Å². The molecule has 0 aliphatic carbocycles. The minimum atomic E-state index is -0.498. The van der Waals surface area contributed by atoms with Crippen LogP contribution in [0.15, 0.2) is 41.8 Å². The van der Waals surface area contributed by atoms with Gasteiger partial charge in [0, 0.05) is 10.4 Å². The lowest BCUT2D eigenvalue weighted by molar-refractivity contribution is -0.383. The van der Waals surface area contributed by atoms with Crippen molar-refractivity contribution < 1.29 is 9.66 Å². The maximum absolute atomic E-state index is 11.8. The molecule has 0 aliphatic rings. The Bertz CT molecular complexity index is 1040. The van der Waals surface area contributed by atoms with Crippen LogP contribution in [0.4, 0.5) is 11.4 Å². The average Bonchev–Trinajstić information content (AvgIpc) is 3.21. The number of rotatable bonds is 5. The van der Waals surface area contributed by atoms with Gasteiger partial charge in [-0.3, -0.25) is 10.1 Å². The molecule has 2 aromatic carbocycles. The number of methoxy groups -OCH3 is 1. The molecule has 6 nitrogen and oxygen atoms in total. The molecule has 0 radical (unpaired) electrons. The number of hydrogen-bond acceptors (Lipinski definition) is 6. The summed E-state index contributed by atoms with van der Waals surface area (Å²) in [5.41, 5.74) is 8.58. The van der Waals surface area contributed by atoms with E-state index in [9.17, 15) is 15.4 Å². The summed E-state index contributed by atoms with van der Waals surface area (Å²) in [6.07, 6.45) is 0.518. The van der Waals surface area contributed by atoms with Gasteiger partial charge in [0.2, 0.25) is 0 Å². The molecule has 0 saturated heterocycles. The minimum absolute atomic E-state index is 0.103. The zero-order valence-corrected chi connectivity index (χ0v) is 15.7. The molecule has 0 atom stereocenters. The summed E-state index contributed by atoms with van der Waals surface area (Å²) in [5, 5.41) is 23.4. The predicted molar refractivity (Wildman–Crippen MR) is 107 cm³/mol. The van der Waals surface area contributed by atoms with Crippen LogP contribution in [0.3, 0.4) is 0 Å². The van der Waals surface area contributed by atoms with Crippen LogP contribution in [0, 0.1) is 21.4 Å². The Kier molecular flexibility index (Phi) is 5.10. The number of nitrogens with two attached hydrogens (primary N) is 1. The normalized spacial score (nSPS) is 10.4. The van der Waals surface area contributed by atoms with Crippen LogP contribution in [0.5, 0.6) is 5.75 Å². The number of hydrogen-bond donors (Lipinski definition) is 1. The molecular formula is C20H17N3O3S. The summed E-state index contributed by atoms with van der Waals surface area (Å²) < 4.78 is 5.20. The summed E-state index contributed by atoms with van der Waals surface area (Å²) in [7, 11) is 1.58. The van der Waals surface area contributed by atoms with Gasteiger partial charge in [-0.2, -0.15) is 5.26 Å². The van der Waals surface area contributed by atoms with Crippen molar-refractivity contribution in [2.24, 2.45) is 0 Å². The van der Waals surface area contributed by atoms with Gasteiger partial charge in [0.15, 0.2) is 0 Å². The third kappa shape index (κ3) is 3.11. The lowest BCUT2D eigenvalue weighted by Gasteiger charge is -2.18. The van der Waals surface area contributed by atoms with Crippen molar-refractivity contribution in [3.63, 3.8) is 0 Å². The standard InChI is InChI=1S/C20H17N3O3S/c1-3-14-17(12-6-8-13(26-2)9-7-12)15(11-21)19(22)20(23(24)25)18(14)16-5-4-10-27-16/h4-10H,3,22H2,1-2H3. The van der Waals surface area contributed by atoms with E-state index in [-0.39, 0.29) is 16.9 Å². The summed E-state index contributed by atoms with van der Waals surface area (Å²) in [4.78, 5) is 12.1. The van der Waals surface area contributed by atoms with Crippen LogP contribution in [0.25, 0.3) is 21.6 Å². The fourth-order valence-corrected chi connectivity index (χ4v) is 4.03. The van der Waals surface area contributed by atoms with Crippen LogP contribution >= 0.6 is 11.3 Å². The van der Waals surface area contributed by atoms with Crippen LogP contribution < -0.4 is 10.5 Å². The fraction of sp³-hybridized carbons (Fsp3) is 0.150. The summed E-state index contributed by atoms with van der Waals surface area (Å²) >= 11 is 1.41. The highest BCUT2D eigenvalue weighted by atomic mass is 32.1. The van der Waals surface area contributed by atoms with E-state index in [1.165, 1.54) is 11.3 Å². The Morgan fingerprint density at radius 1 is 1.26 bits per heavy atom. The molecule has 0 aliphatic heterocycles. The van der Waals surface area contributed by atoms with Gasteiger partial charge in [-0.05, 0) is 41.1 Å². The predicted octanol–water partition coefficient (Wildman–Crippen LogP) is 5.02. The third-order valence-corrected chi connectivity index (χ3v) is 5.30. The van der Waals surface area contributed by atoms with E-state index in [1.807, 2.05) is 36.6 Å². The number of nitrogens with zero attached hydrogens (tertiary/aromatic N) is 2. The number of anilines is 1. The summed E-state index contributed by atoms with van der Waals surface area (Å²) in [6, 6.07) is 13.0. The van der Waals surface area contributed by atoms with E-state index in [0.717, 1.165) is 16.0 Å².